The van der Waals surface area contributed by atoms with Gasteiger partial charge in [-0.2, -0.15) is 5.01 Å². The molecule has 10 heteroatoms. The summed E-state index contributed by atoms with van der Waals surface area (Å²) in [7, 11) is 0. The number of nitrogens with zero attached hydrogens (tertiary/aromatic N) is 3. The zero-order chi connectivity index (χ0) is 18.7. The topological polar surface area (TPSA) is 105 Å². The first-order chi connectivity index (χ1) is 12.5. The summed E-state index contributed by atoms with van der Waals surface area (Å²) in [5.41, 5.74) is 2.36. The van der Waals surface area contributed by atoms with Crippen LogP contribution in [-0.2, 0) is 4.79 Å². The van der Waals surface area contributed by atoms with Crippen molar-refractivity contribution < 1.29 is 14.5 Å². The molecule has 130 valence electrons. The molecule has 1 aliphatic heterocycles. The second-order valence-electron chi connectivity index (χ2n) is 4.99. The summed E-state index contributed by atoms with van der Waals surface area (Å²) in [5, 5.41) is 11.9. The van der Waals surface area contributed by atoms with Gasteiger partial charge in [-0.05, 0) is 36.5 Å². The molecule has 0 unspecified atom stereocenters. The number of nitro groups is 1. The second kappa shape index (κ2) is 7.42. The van der Waals surface area contributed by atoms with Crippen molar-refractivity contribution in [1.82, 2.24) is 15.4 Å². The van der Waals surface area contributed by atoms with Crippen molar-refractivity contribution >= 4 is 51.9 Å². The second-order valence-corrected chi connectivity index (χ2v) is 6.66. The number of rotatable bonds is 4. The maximum atomic E-state index is 12.5. The predicted octanol–water partition coefficient (Wildman–Crippen LogP) is 2.54. The lowest BCUT2D eigenvalue weighted by Gasteiger charge is -2.15. The highest BCUT2D eigenvalue weighted by molar-refractivity contribution is 8.26. The van der Waals surface area contributed by atoms with Crippen molar-refractivity contribution in [2.45, 2.75) is 0 Å². The van der Waals surface area contributed by atoms with Crippen molar-refractivity contribution in [2.75, 3.05) is 0 Å². The van der Waals surface area contributed by atoms with Crippen molar-refractivity contribution in [2.24, 2.45) is 0 Å². The molecule has 1 saturated heterocycles. The maximum Gasteiger partial charge on any atom is 0.285 e. The van der Waals surface area contributed by atoms with E-state index in [0.29, 0.717) is 5.69 Å². The third kappa shape index (κ3) is 3.60. The molecule has 3 rings (SSSR count). The zero-order valence-corrected chi connectivity index (χ0v) is 14.6. The van der Waals surface area contributed by atoms with Gasteiger partial charge < -0.3 is 0 Å². The highest BCUT2D eigenvalue weighted by atomic mass is 32.2. The minimum Gasteiger partial charge on any atom is -0.267 e. The number of amides is 2. The molecule has 1 N–H and O–H groups in total. The van der Waals surface area contributed by atoms with Crippen LogP contribution < -0.4 is 5.43 Å². The number of benzene rings is 1. The minimum atomic E-state index is -0.798. The van der Waals surface area contributed by atoms with E-state index >= 15 is 0 Å². The molecule has 0 radical (unpaired) electrons. The van der Waals surface area contributed by atoms with Crippen LogP contribution in [0, 0.1) is 10.1 Å². The molecule has 0 spiro atoms. The summed E-state index contributed by atoms with van der Waals surface area (Å²) in [6, 6.07) is 10.7. The lowest BCUT2D eigenvalue weighted by Crippen LogP contribution is -2.45. The summed E-state index contributed by atoms with van der Waals surface area (Å²) < 4.78 is 0.115. The first-order valence-corrected chi connectivity index (χ1v) is 8.43. The zero-order valence-electron chi connectivity index (χ0n) is 13.0. The van der Waals surface area contributed by atoms with Crippen LogP contribution in [0.5, 0.6) is 0 Å². The molecule has 0 aliphatic carbocycles. The Morgan fingerprint density at radius 2 is 2.00 bits per heavy atom. The molecule has 1 aromatic carbocycles. The normalized spacial score (nSPS) is 15.4. The van der Waals surface area contributed by atoms with E-state index < -0.39 is 16.7 Å². The van der Waals surface area contributed by atoms with Gasteiger partial charge in [-0.15, -0.1) is 0 Å². The third-order valence-electron chi connectivity index (χ3n) is 3.32. The summed E-state index contributed by atoms with van der Waals surface area (Å²) in [6.07, 6.45) is 3.14. The van der Waals surface area contributed by atoms with E-state index in [-0.39, 0.29) is 20.5 Å². The van der Waals surface area contributed by atoms with Crippen LogP contribution in [0.15, 0.2) is 53.6 Å². The van der Waals surface area contributed by atoms with Crippen LogP contribution in [-0.4, -0.2) is 31.1 Å². The number of pyridine rings is 1. The van der Waals surface area contributed by atoms with Gasteiger partial charge in [-0.25, -0.2) is 0 Å². The van der Waals surface area contributed by atoms with E-state index in [4.69, 9.17) is 12.2 Å². The Balaban J connectivity index is 1.82. The number of para-hydroxylation sites is 1. The van der Waals surface area contributed by atoms with Gasteiger partial charge in [0.25, 0.3) is 17.5 Å². The van der Waals surface area contributed by atoms with Crippen molar-refractivity contribution in [3.05, 3.63) is 74.9 Å². The molecule has 1 aromatic heterocycles. The number of hydrogen-bond acceptors (Lipinski definition) is 7. The fourth-order valence-corrected chi connectivity index (χ4v) is 3.31. The van der Waals surface area contributed by atoms with Crippen molar-refractivity contribution in [3.63, 3.8) is 0 Å². The highest BCUT2D eigenvalue weighted by Gasteiger charge is 2.34. The number of thiocarbonyl (C=S) groups is 1. The number of aromatic nitrogens is 1. The van der Waals surface area contributed by atoms with Gasteiger partial charge in [-0.1, -0.05) is 30.0 Å². The first-order valence-electron chi connectivity index (χ1n) is 7.21. The summed E-state index contributed by atoms with van der Waals surface area (Å²) in [4.78, 5) is 39.6. The molecule has 2 heterocycles. The molecular weight excluding hydrogens is 376 g/mol. The van der Waals surface area contributed by atoms with Gasteiger partial charge in [-0.3, -0.25) is 30.1 Å². The fraction of sp³-hybridized carbons (Fsp3) is 0. The van der Waals surface area contributed by atoms with Crippen LogP contribution in [0.3, 0.4) is 0 Å². The quantitative estimate of drug-likeness (QED) is 0.372. The lowest BCUT2D eigenvalue weighted by molar-refractivity contribution is -0.385. The molecular formula is C16H10N4O4S2. The smallest absolute Gasteiger partial charge is 0.267 e. The maximum absolute atomic E-state index is 12.5. The van der Waals surface area contributed by atoms with E-state index in [0.717, 1.165) is 16.8 Å². The first kappa shape index (κ1) is 17.7. The average molecular weight is 386 g/mol. The lowest BCUT2D eigenvalue weighted by atomic mass is 10.2. The van der Waals surface area contributed by atoms with Crippen LogP contribution in [0.1, 0.15) is 16.1 Å². The van der Waals surface area contributed by atoms with E-state index in [9.17, 15) is 19.7 Å². The molecule has 2 aromatic rings. The number of nitrogens with one attached hydrogen (secondary N) is 1. The summed E-state index contributed by atoms with van der Waals surface area (Å²) in [6.45, 7) is 0. The number of hydrazine groups is 1. The average Bonchev–Trinajstić information content (AvgIpc) is 2.90. The van der Waals surface area contributed by atoms with Gasteiger partial charge >= 0.3 is 0 Å². The van der Waals surface area contributed by atoms with Gasteiger partial charge in [0.15, 0.2) is 4.32 Å². The van der Waals surface area contributed by atoms with E-state index in [1.807, 2.05) is 0 Å². The van der Waals surface area contributed by atoms with E-state index in [1.54, 1.807) is 30.5 Å². The predicted molar refractivity (Wildman–Crippen MR) is 99.8 cm³/mol. The van der Waals surface area contributed by atoms with Gasteiger partial charge in [0.2, 0.25) is 0 Å². The Labute approximate surface area is 157 Å². The van der Waals surface area contributed by atoms with Gasteiger partial charge in [0.1, 0.15) is 5.56 Å². The molecule has 1 aliphatic rings. The molecule has 0 saturated carbocycles. The molecule has 2 amide bonds. The Bertz CT molecular complexity index is 946. The molecule has 1 fully saturated rings. The molecule has 8 nitrogen and oxygen atoms in total. The van der Waals surface area contributed by atoms with E-state index in [1.165, 1.54) is 24.3 Å². The molecule has 0 bridgehead atoms. The minimum absolute atomic E-state index is 0.115. The highest BCUT2D eigenvalue weighted by Crippen LogP contribution is 2.31. The Kier molecular flexibility index (Phi) is 5.05. The summed E-state index contributed by atoms with van der Waals surface area (Å²) >= 11 is 6.13. The van der Waals surface area contributed by atoms with E-state index in [2.05, 4.69) is 10.4 Å². The van der Waals surface area contributed by atoms with Crippen molar-refractivity contribution in [3.8, 4) is 0 Å². The van der Waals surface area contributed by atoms with Crippen LogP contribution in [0.2, 0.25) is 0 Å². The fourth-order valence-electron chi connectivity index (χ4n) is 2.15. The van der Waals surface area contributed by atoms with Crippen LogP contribution in [0.4, 0.5) is 5.69 Å². The number of carbonyl (C=O) groups is 2. The molecule has 0 atom stereocenters. The van der Waals surface area contributed by atoms with Gasteiger partial charge in [0, 0.05) is 12.3 Å². The SMILES string of the molecule is O=C(NN1C(=O)/C(=C/c2ccccn2)SC1=S)c1ccccc1[N+](=O)[O-]. The molecule has 26 heavy (non-hydrogen) atoms. The third-order valence-corrected chi connectivity index (χ3v) is 4.62. The van der Waals surface area contributed by atoms with Crippen LogP contribution >= 0.6 is 24.0 Å². The Morgan fingerprint density at radius 1 is 1.27 bits per heavy atom. The standard InChI is InChI=1S/C16H10N4O4S2/c21-14(11-6-1-2-7-12(11)20(23)24)18-19-15(22)13(26-16(19)25)9-10-5-3-4-8-17-10/h1-9H,(H,18,21)/b13-9-. The number of hydrogen-bond donors (Lipinski definition) is 1. The monoisotopic (exact) mass is 386 g/mol. The number of nitro benzene ring substituents is 1. The largest absolute Gasteiger partial charge is 0.285 e. The van der Waals surface area contributed by atoms with Crippen molar-refractivity contribution in [1.29, 1.82) is 0 Å². The number of carbonyl (C=O) groups excluding carboxylic acids is 2. The Morgan fingerprint density at radius 3 is 2.69 bits per heavy atom. The Hall–Kier alpha value is -3.11. The van der Waals surface area contributed by atoms with Crippen LogP contribution in [0.25, 0.3) is 6.08 Å². The van der Waals surface area contributed by atoms with Gasteiger partial charge in [0.05, 0.1) is 15.5 Å². The number of thioether (sulfide) groups is 1. The summed E-state index contributed by atoms with van der Waals surface area (Å²) in [5.74, 6) is -1.33.